The molecule has 0 radical (unpaired) electrons. The molecule has 0 aromatic carbocycles. The minimum atomic E-state index is -3.20. The molecule has 1 amide bonds. The maximum atomic E-state index is 12.0. The summed E-state index contributed by atoms with van der Waals surface area (Å²) in [5, 5.41) is 2.50. The fourth-order valence-corrected chi connectivity index (χ4v) is 2.58. The van der Waals surface area contributed by atoms with E-state index in [9.17, 15) is 9.36 Å². The summed E-state index contributed by atoms with van der Waals surface area (Å²) in [7, 11) is -3.20. The first-order valence-electron chi connectivity index (χ1n) is 4.62. The van der Waals surface area contributed by atoms with Crippen LogP contribution in [0.3, 0.4) is 0 Å². The Morgan fingerprint density at radius 2 is 1.79 bits per heavy atom. The van der Waals surface area contributed by atoms with Crippen LogP contribution in [0.4, 0.5) is 0 Å². The van der Waals surface area contributed by atoms with Crippen molar-refractivity contribution < 1.29 is 18.4 Å². The predicted octanol–water partition coefficient (Wildman–Crippen LogP) is 1.73. The Morgan fingerprint density at radius 3 is 2.07 bits per heavy atom. The number of nitrogens with one attached hydrogen (secondary N) is 1. The number of hydrogen-bond acceptors (Lipinski definition) is 4. The largest absolute Gasteiger partial charge is 0.352 e. The zero-order valence-corrected chi connectivity index (χ0v) is 9.97. The lowest BCUT2D eigenvalue weighted by Gasteiger charge is -2.23. The second-order valence-electron chi connectivity index (χ2n) is 2.75. The van der Waals surface area contributed by atoms with Gasteiger partial charge in [0.05, 0.1) is 13.2 Å². The van der Waals surface area contributed by atoms with Gasteiger partial charge in [-0.15, -0.1) is 0 Å². The van der Waals surface area contributed by atoms with Crippen molar-refractivity contribution in [2.45, 2.75) is 33.5 Å². The molecule has 0 aliphatic rings. The summed E-state index contributed by atoms with van der Waals surface area (Å²) >= 11 is 0. The van der Waals surface area contributed by atoms with E-state index >= 15 is 0 Å². The first-order valence-corrected chi connectivity index (χ1v) is 6.23. The Bertz CT molecular complexity index is 221. The topological polar surface area (TPSA) is 64.6 Å². The summed E-state index contributed by atoms with van der Waals surface area (Å²) in [6.45, 7) is 7.01. The molecule has 0 aromatic rings. The van der Waals surface area contributed by atoms with Crippen LogP contribution < -0.4 is 5.32 Å². The fraction of sp³-hybridized carbons (Fsp3) is 0.875. The van der Waals surface area contributed by atoms with Gasteiger partial charge in [0, 0.05) is 6.92 Å². The molecule has 0 rings (SSSR count). The van der Waals surface area contributed by atoms with Crippen molar-refractivity contribution in [2.24, 2.45) is 0 Å². The molecule has 0 spiro atoms. The molecule has 0 saturated heterocycles. The Kier molecular flexibility index (Phi) is 6.00. The van der Waals surface area contributed by atoms with Crippen molar-refractivity contribution in [3.8, 4) is 0 Å². The van der Waals surface area contributed by atoms with Gasteiger partial charge in [0.25, 0.3) is 0 Å². The number of carbonyl (C=O) groups is 1. The van der Waals surface area contributed by atoms with Gasteiger partial charge in [-0.1, -0.05) is 0 Å². The number of rotatable bonds is 6. The molecule has 0 aliphatic carbocycles. The average Bonchev–Trinajstić information content (AvgIpc) is 2.03. The van der Waals surface area contributed by atoms with Gasteiger partial charge in [-0.2, -0.15) is 0 Å². The minimum Gasteiger partial charge on any atom is -0.342 e. The van der Waals surface area contributed by atoms with E-state index in [0.29, 0.717) is 13.2 Å². The SMILES string of the molecule is CCOP(=O)(OCC)[C@H](C)NC(C)=O. The lowest BCUT2D eigenvalue weighted by Crippen LogP contribution is -2.31. The van der Waals surface area contributed by atoms with E-state index in [2.05, 4.69) is 5.32 Å². The highest BCUT2D eigenvalue weighted by Gasteiger charge is 2.32. The van der Waals surface area contributed by atoms with Crippen molar-refractivity contribution >= 4 is 13.5 Å². The van der Waals surface area contributed by atoms with E-state index in [1.54, 1.807) is 20.8 Å². The van der Waals surface area contributed by atoms with Gasteiger partial charge in [0.2, 0.25) is 5.91 Å². The molecule has 6 heteroatoms. The van der Waals surface area contributed by atoms with Gasteiger partial charge in [-0.25, -0.2) is 0 Å². The molecule has 84 valence electrons. The first-order chi connectivity index (χ1) is 6.46. The standard InChI is InChI=1S/C8H18NO4P/c1-5-12-14(11,13-6-2)8(4)9-7(3)10/h8H,5-6H2,1-4H3,(H,9,10)/t8-/m1/s1. The Morgan fingerprint density at radius 1 is 1.36 bits per heavy atom. The molecule has 0 fully saturated rings. The van der Waals surface area contributed by atoms with Gasteiger partial charge in [-0.05, 0) is 20.8 Å². The molecule has 0 aromatic heterocycles. The maximum absolute atomic E-state index is 12.0. The summed E-state index contributed by atoms with van der Waals surface area (Å²) in [5.41, 5.74) is 0. The molecule has 1 atom stereocenters. The van der Waals surface area contributed by atoms with E-state index in [4.69, 9.17) is 9.05 Å². The van der Waals surface area contributed by atoms with Crippen molar-refractivity contribution in [1.82, 2.24) is 5.32 Å². The van der Waals surface area contributed by atoms with Crippen LogP contribution >= 0.6 is 7.60 Å². The Labute approximate surface area is 84.7 Å². The smallest absolute Gasteiger partial charge is 0.342 e. The van der Waals surface area contributed by atoms with E-state index in [0.717, 1.165) is 0 Å². The lowest BCUT2D eigenvalue weighted by molar-refractivity contribution is -0.119. The van der Waals surface area contributed by atoms with E-state index in [1.807, 2.05) is 0 Å². The van der Waals surface area contributed by atoms with Crippen molar-refractivity contribution in [2.75, 3.05) is 13.2 Å². The highest BCUT2D eigenvalue weighted by Crippen LogP contribution is 2.51. The number of hydrogen-bond donors (Lipinski definition) is 1. The second-order valence-corrected chi connectivity index (χ2v) is 5.12. The molecule has 5 nitrogen and oxygen atoms in total. The van der Waals surface area contributed by atoms with Crippen LogP contribution in [0.5, 0.6) is 0 Å². The van der Waals surface area contributed by atoms with E-state index in [-0.39, 0.29) is 5.91 Å². The summed E-state index contributed by atoms with van der Waals surface area (Å²) in [6.07, 6.45) is 0. The molecular weight excluding hydrogens is 205 g/mol. The summed E-state index contributed by atoms with van der Waals surface area (Å²) < 4.78 is 22.1. The Balaban J connectivity index is 4.46. The maximum Gasteiger partial charge on any atom is 0.352 e. The van der Waals surface area contributed by atoms with Gasteiger partial charge >= 0.3 is 7.60 Å². The van der Waals surface area contributed by atoms with Crippen molar-refractivity contribution in [1.29, 1.82) is 0 Å². The molecule has 0 unspecified atom stereocenters. The number of carbonyl (C=O) groups excluding carboxylic acids is 1. The molecule has 0 saturated carbocycles. The van der Waals surface area contributed by atoms with Gasteiger partial charge < -0.3 is 14.4 Å². The molecule has 0 bridgehead atoms. The van der Waals surface area contributed by atoms with Crippen molar-refractivity contribution in [3.05, 3.63) is 0 Å². The lowest BCUT2D eigenvalue weighted by atomic mass is 10.6. The van der Waals surface area contributed by atoms with E-state index in [1.165, 1.54) is 6.92 Å². The zero-order chi connectivity index (χ0) is 11.2. The molecule has 0 aliphatic heterocycles. The van der Waals surface area contributed by atoms with Crippen LogP contribution in [0.25, 0.3) is 0 Å². The number of amides is 1. The minimum absolute atomic E-state index is 0.253. The van der Waals surface area contributed by atoms with Crippen LogP contribution in [0, 0.1) is 0 Å². The quantitative estimate of drug-likeness (QED) is 0.696. The molecule has 1 N–H and O–H groups in total. The van der Waals surface area contributed by atoms with Crippen LogP contribution in [0.2, 0.25) is 0 Å². The summed E-state index contributed by atoms with van der Waals surface area (Å²) in [5.74, 6) is -0.864. The van der Waals surface area contributed by atoms with Crippen LogP contribution in [-0.4, -0.2) is 24.9 Å². The third-order valence-corrected chi connectivity index (χ3v) is 3.82. The van der Waals surface area contributed by atoms with Gasteiger partial charge in [-0.3, -0.25) is 9.36 Å². The zero-order valence-electron chi connectivity index (χ0n) is 9.07. The molecule has 0 heterocycles. The molecule has 14 heavy (non-hydrogen) atoms. The summed E-state index contributed by atoms with van der Waals surface area (Å²) in [6, 6.07) is 0. The fourth-order valence-electron chi connectivity index (χ4n) is 0.994. The predicted molar refractivity (Wildman–Crippen MR) is 54.1 cm³/mol. The van der Waals surface area contributed by atoms with Crippen molar-refractivity contribution in [3.63, 3.8) is 0 Å². The van der Waals surface area contributed by atoms with Crippen LogP contribution in [0.15, 0.2) is 0 Å². The van der Waals surface area contributed by atoms with Gasteiger partial charge in [0.1, 0.15) is 5.78 Å². The van der Waals surface area contributed by atoms with Gasteiger partial charge in [0.15, 0.2) is 0 Å². The average molecular weight is 223 g/mol. The van der Waals surface area contributed by atoms with Crippen LogP contribution in [-0.2, 0) is 18.4 Å². The highest BCUT2D eigenvalue weighted by molar-refractivity contribution is 7.54. The molecular formula is C8H18NO4P. The second kappa shape index (κ2) is 6.17. The third kappa shape index (κ3) is 4.22. The first kappa shape index (κ1) is 13.6. The summed E-state index contributed by atoms with van der Waals surface area (Å²) in [4.78, 5) is 10.8. The third-order valence-electron chi connectivity index (χ3n) is 1.50. The van der Waals surface area contributed by atoms with E-state index < -0.39 is 13.4 Å². The Hall–Kier alpha value is -0.380. The highest BCUT2D eigenvalue weighted by atomic mass is 31.2. The van der Waals surface area contributed by atoms with Crippen LogP contribution in [0.1, 0.15) is 27.7 Å². The monoisotopic (exact) mass is 223 g/mol. The normalized spacial score (nSPS) is 13.7.